The van der Waals surface area contributed by atoms with Crippen LogP contribution in [0.1, 0.15) is 12.6 Å². The highest BCUT2D eigenvalue weighted by Gasteiger charge is 2.08. The van der Waals surface area contributed by atoms with E-state index in [-0.39, 0.29) is 0 Å². The highest BCUT2D eigenvalue weighted by Crippen LogP contribution is 2.26. The summed E-state index contributed by atoms with van der Waals surface area (Å²) < 4.78 is 7.20. The quantitative estimate of drug-likeness (QED) is 0.724. The van der Waals surface area contributed by atoms with Crippen molar-refractivity contribution in [2.24, 2.45) is 0 Å². The van der Waals surface area contributed by atoms with Crippen molar-refractivity contribution in [3.8, 4) is 16.3 Å². The van der Waals surface area contributed by atoms with E-state index in [2.05, 4.69) is 28.8 Å². The highest BCUT2D eigenvalue weighted by atomic mass is 32.1. The number of thiazole rings is 1. The average Bonchev–Trinajstić information content (AvgIpc) is 3.24. The summed E-state index contributed by atoms with van der Waals surface area (Å²) in [5, 5.41) is 10.8. The maximum Gasteiger partial charge on any atom is 0.123 e. The first-order chi connectivity index (χ1) is 11.2. The van der Waals surface area contributed by atoms with Crippen molar-refractivity contribution in [2.75, 3.05) is 7.11 Å². The summed E-state index contributed by atoms with van der Waals surface area (Å²) in [6, 6.07) is 10.3. The number of benzene rings is 1. The Bertz CT molecular complexity index is 739. The van der Waals surface area contributed by atoms with Crippen LogP contribution in [-0.4, -0.2) is 27.9 Å². The van der Waals surface area contributed by atoms with Crippen molar-refractivity contribution in [3.63, 3.8) is 0 Å². The van der Waals surface area contributed by atoms with Gasteiger partial charge in [-0.25, -0.2) is 4.98 Å². The summed E-state index contributed by atoms with van der Waals surface area (Å²) in [7, 11) is 1.68. The molecule has 1 N–H and O–H groups in total. The van der Waals surface area contributed by atoms with Gasteiger partial charge < -0.3 is 10.1 Å². The molecule has 2 heterocycles. The molecule has 2 aromatic heterocycles. The fourth-order valence-electron chi connectivity index (χ4n) is 2.31. The molecule has 0 spiro atoms. The Balaban J connectivity index is 1.58. The lowest BCUT2D eigenvalue weighted by atomic mass is 10.2. The lowest BCUT2D eigenvalue weighted by molar-refractivity contribution is 0.415. The smallest absolute Gasteiger partial charge is 0.123 e. The van der Waals surface area contributed by atoms with E-state index in [1.807, 2.05) is 35.1 Å². The molecule has 0 radical (unpaired) electrons. The van der Waals surface area contributed by atoms with Gasteiger partial charge in [0.05, 0.1) is 19.3 Å². The van der Waals surface area contributed by atoms with Gasteiger partial charge in [0, 0.05) is 35.9 Å². The first-order valence-electron chi connectivity index (χ1n) is 7.54. The number of nitrogens with one attached hydrogen (secondary N) is 1. The summed E-state index contributed by atoms with van der Waals surface area (Å²) in [4.78, 5) is 4.70. The Morgan fingerprint density at radius 2 is 2.26 bits per heavy atom. The maximum absolute atomic E-state index is 5.27. The lowest BCUT2D eigenvalue weighted by Gasteiger charge is -2.12. The van der Waals surface area contributed by atoms with Crippen LogP contribution >= 0.6 is 11.3 Å². The normalized spacial score (nSPS) is 12.3. The van der Waals surface area contributed by atoms with E-state index in [0.29, 0.717) is 6.04 Å². The van der Waals surface area contributed by atoms with Crippen LogP contribution in [0.25, 0.3) is 10.6 Å². The fourth-order valence-corrected chi connectivity index (χ4v) is 3.13. The second kappa shape index (κ2) is 7.39. The molecule has 3 rings (SSSR count). The van der Waals surface area contributed by atoms with E-state index in [9.17, 15) is 0 Å². The zero-order valence-corrected chi connectivity index (χ0v) is 14.1. The standard InChI is InChI=1S/C17H20N4OS/c1-13(11-21-8-4-7-19-21)18-10-15-12-23-17(20-15)14-5-3-6-16(9-14)22-2/h3-9,12-13,18H,10-11H2,1-2H3/t13-/m0/s1. The second-order valence-electron chi connectivity index (χ2n) is 5.39. The monoisotopic (exact) mass is 328 g/mol. The minimum atomic E-state index is 0.330. The van der Waals surface area contributed by atoms with E-state index in [0.717, 1.165) is 35.1 Å². The predicted octanol–water partition coefficient (Wildman–Crippen LogP) is 3.19. The van der Waals surface area contributed by atoms with E-state index in [1.54, 1.807) is 24.6 Å². The molecule has 1 aromatic carbocycles. The van der Waals surface area contributed by atoms with Gasteiger partial charge in [0.25, 0.3) is 0 Å². The van der Waals surface area contributed by atoms with Crippen LogP contribution in [0.15, 0.2) is 48.1 Å². The third-order valence-electron chi connectivity index (χ3n) is 3.52. The molecular weight excluding hydrogens is 308 g/mol. The SMILES string of the molecule is COc1cccc(-c2nc(CN[C@@H](C)Cn3cccn3)cs2)c1. The van der Waals surface area contributed by atoms with Gasteiger partial charge in [-0.3, -0.25) is 4.68 Å². The van der Waals surface area contributed by atoms with Gasteiger partial charge in [0.2, 0.25) is 0 Å². The second-order valence-corrected chi connectivity index (χ2v) is 6.24. The Labute approximate surface area is 140 Å². The number of hydrogen-bond acceptors (Lipinski definition) is 5. The molecule has 5 nitrogen and oxygen atoms in total. The van der Waals surface area contributed by atoms with Crippen LogP contribution in [0, 0.1) is 0 Å². The average molecular weight is 328 g/mol. The first-order valence-corrected chi connectivity index (χ1v) is 8.42. The van der Waals surface area contributed by atoms with Crippen molar-refractivity contribution in [1.82, 2.24) is 20.1 Å². The molecule has 120 valence electrons. The molecule has 0 bridgehead atoms. The third kappa shape index (κ3) is 4.18. The van der Waals surface area contributed by atoms with Crippen LogP contribution in [0.3, 0.4) is 0 Å². The van der Waals surface area contributed by atoms with Crippen molar-refractivity contribution < 1.29 is 4.74 Å². The Morgan fingerprint density at radius 3 is 3.04 bits per heavy atom. The number of rotatable bonds is 7. The molecule has 0 aliphatic carbocycles. The van der Waals surface area contributed by atoms with Crippen LogP contribution < -0.4 is 10.1 Å². The van der Waals surface area contributed by atoms with E-state index < -0.39 is 0 Å². The van der Waals surface area contributed by atoms with Crippen molar-refractivity contribution in [1.29, 1.82) is 0 Å². The number of nitrogens with zero attached hydrogens (tertiary/aromatic N) is 3. The first kappa shape index (κ1) is 15.7. The predicted molar refractivity (Wildman–Crippen MR) is 92.6 cm³/mol. The van der Waals surface area contributed by atoms with Gasteiger partial charge in [0.1, 0.15) is 10.8 Å². The fraction of sp³-hybridized carbons (Fsp3) is 0.294. The number of aromatic nitrogens is 3. The lowest BCUT2D eigenvalue weighted by Crippen LogP contribution is -2.30. The van der Waals surface area contributed by atoms with Crippen molar-refractivity contribution in [3.05, 3.63) is 53.8 Å². The third-order valence-corrected chi connectivity index (χ3v) is 4.46. The molecule has 0 aliphatic heterocycles. The summed E-state index contributed by atoms with van der Waals surface area (Å²) in [5.41, 5.74) is 2.14. The van der Waals surface area contributed by atoms with Gasteiger partial charge in [-0.2, -0.15) is 5.10 Å². The summed E-state index contributed by atoms with van der Waals surface area (Å²) in [6.07, 6.45) is 3.77. The van der Waals surface area contributed by atoms with Gasteiger partial charge >= 0.3 is 0 Å². The molecule has 0 saturated heterocycles. The molecule has 0 amide bonds. The van der Waals surface area contributed by atoms with E-state index in [1.165, 1.54) is 0 Å². The minimum absolute atomic E-state index is 0.330. The van der Waals surface area contributed by atoms with Gasteiger partial charge in [-0.15, -0.1) is 11.3 Å². The van der Waals surface area contributed by atoms with E-state index in [4.69, 9.17) is 9.72 Å². The van der Waals surface area contributed by atoms with Crippen LogP contribution in [0.5, 0.6) is 5.75 Å². The zero-order chi connectivity index (χ0) is 16.1. The van der Waals surface area contributed by atoms with Crippen molar-refractivity contribution >= 4 is 11.3 Å². The summed E-state index contributed by atoms with van der Waals surface area (Å²) in [6.45, 7) is 3.75. The molecule has 3 aromatic rings. The molecule has 0 aliphatic rings. The molecule has 0 unspecified atom stereocenters. The van der Waals surface area contributed by atoms with Crippen LogP contribution in [0.4, 0.5) is 0 Å². The molecule has 0 fully saturated rings. The molecule has 23 heavy (non-hydrogen) atoms. The van der Waals surface area contributed by atoms with Gasteiger partial charge in [0.15, 0.2) is 0 Å². The molecule has 0 saturated carbocycles. The minimum Gasteiger partial charge on any atom is -0.497 e. The van der Waals surface area contributed by atoms with Crippen LogP contribution in [-0.2, 0) is 13.1 Å². The Hall–Kier alpha value is -2.18. The highest BCUT2D eigenvalue weighted by molar-refractivity contribution is 7.13. The number of methoxy groups -OCH3 is 1. The van der Waals surface area contributed by atoms with Crippen LogP contribution in [0.2, 0.25) is 0 Å². The molecule has 1 atom stereocenters. The topological polar surface area (TPSA) is 52.0 Å². The van der Waals surface area contributed by atoms with Gasteiger partial charge in [-0.05, 0) is 25.1 Å². The van der Waals surface area contributed by atoms with Gasteiger partial charge in [-0.1, -0.05) is 12.1 Å². The molecule has 6 heteroatoms. The summed E-state index contributed by atoms with van der Waals surface area (Å²) in [5.74, 6) is 0.852. The van der Waals surface area contributed by atoms with E-state index >= 15 is 0 Å². The number of ether oxygens (including phenoxy) is 1. The maximum atomic E-state index is 5.27. The largest absolute Gasteiger partial charge is 0.497 e. The Morgan fingerprint density at radius 1 is 1.35 bits per heavy atom. The Kier molecular flexibility index (Phi) is 5.05. The van der Waals surface area contributed by atoms with Crippen molar-refractivity contribution in [2.45, 2.75) is 26.1 Å². The molecular formula is C17H20N4OS. The number of hydrogen-bond donors (Lipinski definition) is 1. The zero-order valence-electron chi connectivity index (χ0n) is 13.3. The summed E-state index contributed by atoms with van der Waals surface area (Å²) >= 11 is 1.65.